The highest BCUT2D eigenvalue weighted by atomic mass is 32.1. The van der Waals surface area contributed by atoms with Gasteiger partial charge in [-0.1, -0.05) is 24.3 Å². The predicted molar refractivity (Wildman–Crippen MR) is 90.5 cm³/mol. The number of aromatic nitrogens is 2. The standard InChI is InChI=1S/C17H15N3O2S/c21-15(18-11-7-8-11)10-20-17(22)13-5-2-1-4-12(13)16(19-20)14-6-3-9-23-14/h1-6,9,11H,7-8,10H2,(H,18,21). The summed E-state index contributed by atoms with van der Waals surface area (Å²) in [6, 6.07) is 11.6. The molecule has 0 bridgehead atoms. The van der Waals surface area contributed by atoms with Gasteiger partial charge in [0.1, 0.15) is 12.2 Å². The number of hydrogen-bond donors (Lipinski definition) is 1. The number of benzene rings is 1. The summed E-state index contributed by atoms with van der Waals surface area (Å²) in [6.07, 6.45) is 2.04. The van der Waals surface area contributed by atoms with Crippen LogP contribution in [-0.2, 0) is 11.3 Å². The summed E-state index contributed by atoms with van der Waals surface area (Å²) < 4.78 is 1.27. The van der Waals surface area contributed by atoms with Crippen LogP contribution < -0.4 is 10.9 Å². The van der Waals surface area contributed by atoms with Gasteiger partial charge in [0.05, 0.1) is 10.3 Å². The summed E-state index contributed by atoms with van der Waals surface area (Å²) in [4.78, 5) is 25.6. The molecule has 1 aliphatic carbocycles. The molecular formula is C17H15N3O2S. The molecule has 1 N–H and O–H groups in total. The number of amides is 1. The molecule has 6 heteroatoms. The molecule has 0 atom stereocenters. The Kier molecular flexibility index (Phi) is 3.46. The Morgan fingerprint density at radius 1 is 1.22 bits per heavy atom. The van der Waals surface area contributed by atoms with Crippen LogP contribution in [0.5, 0.6) is 0 Å². The smallest absolute Gasteiger partial charge is 0.275 e. The maximum absolute atomic E-state index is 12.6. The number of thiophene rings is 1. The summed E-state index contributed by atoms with van der Waals surface area (Å²) in [7, 11) is 0. The van der Waals surface area contributed by atoms with Gasteiger partial charge < -0.3 is 5.32 Å². The molecule has 3 aromatic rings. The molecule has 0 saturated heterocycles. The minimum atomic E-state index is -0.230. The van der Waals surface area contributed by atoms with Crippen molar-refractivity contribution in [1.29, 1.82) is 0 Å². The van der Waals surface area contributed by atoms with Crippen molar-refractivity contribution in [2.45, 2.75) is 25.4 Å². The van der Waals surface area contributed by atoms with Gasteiger partial charge in [0.2, 0.25) is 5.91 Å². The molecule has 1 fully saturated rings. The van der Waals surface area contributed by atoms with Crippen molar-refractivity contribution < 1.29 is 4.79 Å². The van der Waals surface area contributed by atoms with Crippen molar-refractivity contribution >= 4 is 28.0 Å². The highest BCUT2D eigenvalue weighted by Crippen LogP contribution is 2.28. The lowest BCUT2D eigenvalue weighted by molar-refractivity contribution is -0.122. The Hall–Kier alpha value is -2.47. The lowest BCUT2D eigenvalue weighted by Gasteiger charge is -2.10. The van der Waals surface area contributed by atoms with Gasteiger partial charge in [-0.15, -0.1) is 11.3 Å². The lowest BCUT2D eigenvalue weighted by atomic mass is 10.1. The van der Waals surface area contributed by atoms with E-state index in [1.165, 1.54) is 4.68 Å². The normalized spacial score (nSPS) is 14.1. The molecule has 1 saturated carbocycles. The number of nitrogens with zero attached hydrogens (tertiary/aromatic N) is 2. The SMILES string of the molecule is O=C(Cn1nc(-c2cccs2)c2ccccc2c1=O)NC1CC1. The molecule has 0 unspecified atom stereocenters. The van der Waals surface area contributed by atoms with E-state index < -0.39 is 0 Å². The quantitative estimate of drug-likeness (QED) is 0.801. The van der Waals surface area contributed by atoms with Crippen LogP contribution in [0.25, 0.3) is 21.3 Å². The number of rotatable bonds is 4. The van der Waals surface area contributed by atoms with Gasteiger partial charge >= 0.3 is 0 Å². The molecule has 0 spiro atoms. The van der Waals surface area contributed by atoms with Crippen LogP contribution in [0.15, 0.2) is 46.6 Å². The van der Waals surface area contributed by atoms with Crippen LogP contribution in [0, 0.1) is 0 Å². The van der Waals surface area contributed by atoms with Crippen LogP contribution in [0.4, 0.5) is 0 Å². The molecule has 2 aromatic heterocycles. The lowest BCUT2D eigenvalue weighted by Crippen LogP contribution is -2.35. The summed E-state index contributed by atoms with van der Waals surface area (Å²) in [6.45, 7) is -0.0431. The number of hydrogen-bond acceptors (Lipinski definition) is 4. The Morgan fingerprint density at radius 2 is 2.00 bits per heavy atom. The fourth-order valence-electron chi connectivity index (χ4n) is 2.57. The Bertz CT molecular complexity index is 927. The molecule has 1 aromatic carbocycles. The molecule has 2 heterocycles. The Morgan fingerprint density at radius 3 is 2.70 bits per heavy atom. The molecular weight excluding hydrogens is 310 g/mol. The first-order chi connectivity index (χ1) is 11.2. The average molecular weight is 325 g/mol. The molecule has 0 aliphatic heterocycles. The van der Waals surface area contributed by atoms with Crippen LogP contribution in [0.2, 0.25) is 0 Å². The zero-order chi connectivity index (χ0) is 15.8. The molecule has 1 amide bonds. The average Bonchev–Trinajstić information content (AvgIpc) is 3.20. The maximum Gasteiger partial charge on any atom is 0.275 e. The second kappa shape index (κ2) is 5.62. The van der Waals surface area contributed by atoms with E-state index in [9.17, 15) is 9.59 Å². The van der Waals surface area contributed by atoms with E-state index in [0.29, 0.717) is 5.39 Å². The van der Waals surface area contributed by atoms with Gasteiger partial charge in [-0.25, -0.2) is 4.68 Å². The molecule has 1 aliphatic rings. The number of nitrogens with one attached hydrogen (secondary N) is 1. The molecule has 4 rings (SSSR count). The van der Waals surface area contributed by atoms with E-state index in [0.717, 1.165) is 28.8 Å². The third-order valence-electron chi connectivity index (χ3n) is 3.86. The van der Waals surface area contributed by atoms with Crippen molar-refractivity contribution in [2.24, 2.45) is 0 Å². The van der Waals surface area contributed by atoms with Crippen molar-refractivity contribution in [3.8, 4) is 10.6 Å². The first-order valence-electron chi connectivity index (χ1n) is 7.55. The van der Waals surface area contributed by atoms with Gasteiger partial charge in [-0.2, -0.15) is 5.10 Å². The van der Waals surface area contributed by atoms with E-state index >= 15 is 0 Å². The summed E-state index contributed by atoms with van der Waals surface area (Å²) >= 11 is 1.57. The second-order valence-electron chi connectivity index (χ2n) is 5.68. The Labute approximate surface area is 136 Å². The minimum absolute atomic E-state index is 0.0431. The fourth-order valence-corrected chi connectivity index (χ4v) is 3.30. The summed E-state index contributed by atoms with van der Waals surface area (Å²) in [5, 5.41) is 10.7. The summed E-state index contributed by atoms with van der Waals surface area (Å²) in [5.74, 6) is -0.158. The molecule has 116 valence electrons. The minimum Gasteiger partial charge on any atom is -0.352 e. The number of fused-ring (bicyclic) bond motifs is 1. The number of carbonyl (C=O) groups excluding carboxylic acids is 1. The highest BCUT2D eigenvalue weighted by molar-refractivity contribution is 7.13. The molecule has 23 heavy (non-hydrogen) atoms. The largest absolute Gasteiger partial charge is 0.352 e. The van der Waals surface area contributed by atoms with Gasteiger partial charge in [-0.3, -0.25) is 9.59 Å². The van der Waals surface area contributed by atoms with Gasteiger partial charge in [0.15, 0.2) is 0 Å². The Balaban J connectivity index is 1.82. The third-order valence-corrected chi connectivity index (χ3v) is 4.73. The van der Waals surface area contributed by atoms with Gasteiger partial charge in [-0.05, 0) is 30.4 Å². The monoisotopic (exact) mass is 325 g/mol. The first-order valence-corrected chi connectivity index (χ1v) is 8.43. The van der Waals surface area contributed by atoms with Gasteiger partial charge in [0.25, 0.3) is 5.56 Å². The van der Waals surface area contributed by atoms with E-state index in [4.69, 9.17) is 0 Å². The van der Waals surface area contributed by atoms with Crippen molar-refractivity contribution in [1.82, 2.24) is 15.1 Å². The third kappa shape index (κ3) is 2.77. The van der Waals surface area contributed by atoms with Crippen molar-refractivity contribution in [3.05, 3.63) is 52.1 Å². The summed E-state index contributed by atoms with van der Waals surface area (Å²) in [5.41, 5.74) is 0.515. The predicted octanol–water partition coefficient (Wildman–Crippen LogP) is 2.40. The van der Waals surface area contributed by atoms with Crippen molar-refractivity contribution in [3.63, 3.8) is 0 Å². The fraction of sp³-hybridized carbons (Fsp3) is 0.235. The van der Waals surface area contributed by atoms with E-state index in [1.54, 1.807) is 17.4 Å². The number of carbonyl (C=O) groups is 1. The van der Waals surface area contributed by atoms with Crippen LogP contribution in [0.3, 0.4) is 0 Å². The van der Waals surface area contributed by atoms with Crippen LogP contribution in [0.1, 0.15) is 12.8 Å². The van der Waals surface area contributed by atoms with Crippen molar-refractivity contribution in [2.75, 3.05) is 0 Å². The van der Waals surface area contributed by atoms with E-state index in [2.05, 4.69) is 10.4 Å². The molecule has 5 nitrogen and oxygen atoms in total. The van der Waals surface area contributed by atoms with Crippen LogP contribution >= 0.6 is 11.3 Å². The first kappa shape index (κ1) is 14.1. The molecule has 0 radical (unpaired) electrons. The topological polar surface area (TPSA) is 64.0 Å². The maximum atomic E-state index is 12.6. The van der Waals surface area contributed by atoms with Gasteiger partial charge in [0, 0.05) is 11.4 Å². The second-order valence-corrected chi connectivity index (χ2v) is 6.62. The van der Waals surface area contributed by atoms with E-state index in [-0.39, 0.29) is 24.1 Å². The van der Waals surface area contributed by atoms with Crippen LogP contribution in [-0.4, -0.2) is 21.7 Å². The highest BCUT2D eigenvalue weighted by Gasteiger charge is 2.24. The van der Waals surface area contributed by atoms with E-state index in [1.807, 2.05) is 35.7 Å². The zero-order valence-corrected chi connectivity index (χ0v) is 13.2. The zero-order valence-electron chi connectivity index (χ0n) is 12.4.